The third-order valence-corrected chi connectivity index (χ3v) is 4.64. The molecule has 2 aromatic carbocycles. The Hall–Kier alpha value is -4.00. The Morgan fingerprint density at radius 3 is 2.41 bits per heavy atom. The van der Waals surface area contributed by atoms with Gasteiger partial charge in [0, 0.05) is 36.3 Å². The van der Waals surface area contributed by atoms with Crippen LogP contribution in [0.15, 0.2) is 78.0 Å². The summed E-state index contributed by atoms with van der Waals surface area (Å²) in [6.07, 6.45) is 3.44. The lowest BCUT2D eigenvalue weighted by atomic mass is 10.0. The number of aliphatic imine (C=N–C) groups is 1. The summed E-state index contributed by atoms with van der Waals surface area (Å²) in [7, 11) is 0. The standard InChI is InChI=1S/C25H27N5O2/c1-17(2)20-8-4-11-23(13-20)29-25(27-16-19-7-6-12-26-15-19)30-24(32)21-9-5-10-22(14-21)28-18(3)31/h4-15,17H,16H2,1-3H3,(H,28,31)(H2,27,29,30,32). The SMILES string of the molecule is CC(=O)Nc1cccc(C(=O)NC(=NCc2cccnc2)Nc2cccc(C(C)C)c2)c1. The second kappa shape index (κ2) is 10.9. The number of rotatable bonds is 6. The van der Waals surface area contributed by atoms with Gasteiger partial charge in [0.15, 0.2) is 0 Å². The molecular weight excluding hydrogens is 402 g/mol. The Labute approximate surface area is 188 Å². The van der Waals surface area contributed by atoms with Crippen LogP contribution in [0.25, 0.3) is 0 Å². The minimum Gasteiger partial charge on any atom is -0.326 e. The van der Waals surface area contributed by atoms with Gasteiger partial charge in [0.25, 0.3) is 5.91 Å². The summed E-state index contributed by atoms with van der Waals surface area (Å²) in [5.41, 5.74) is 3.88. The number of guanidine groups is 1. The molecule has 3 N–H and O–H groups in total. The van der Waals surface area contributed by atoms with E-state index in [1.54, 1.807) is 36.7 Å². The van der Waals surface area contributed by atoms with E-state index in [4.69, 9.17) is 0 Å². The van der Waals surface area contributed by atoms with Crippen LogP contribution in [0.3, 0.4) is 0 Å². The maximum atomic E-state index is 12.9. The molecule has 0 bridgehead atoms. The fourth-order valence-electron chi connectivity index (χ4n) is 3.01. The minimum absolute atomic E-state index is 0.201. The van der Waals surface area contributed by atoms with Crippen molar-refractivity contribution in [2.45, 2.75) is 33.2 Å². The lowest BCUT2D eigenvalue weighted by Crippen LogP contribution is -2.36. The van der Waals surface area contributed by atoms with Crippen molar-refractivity contribution in [3.8, 4) is 0 Å². The number of anilines is 2. The number of nitrogens with one attached hydrogen (secondary N) is 3. The molecule has 3 rings (SSSR count). The zero-order valence-corrected chi connectivity index (χ0v) is 18.4. The molecule has 0 aliphatic rings. The first-order valence-electron chi connectivity index (χ1n) is 10.4. The third kappa shape index (κ3) is 6.77. The van der Waals surface area contributed by atoms with Crippen molar-refractivity contribution >= 4 is 29.1 Å². The van der Waals surface area contributed by atoms with E-state index < -0.39 is 0 Å². The Morgan fingerprint density at radius 2 is 1.72 bits per heavy atom. The second-order valence-electron chi connectivity index (χ2n) is 7.65. The van der Waals surface area contributed by atoms with E-state index in [0.717, 1.165) is 11.3 Å². The van der Waals surface area contributed by atoms with Crippen LogP contribution in [0, 0.1) is 0 Å². The average molecular weight is 430 g/mol. The molecule has 0 spiro atoms. The highest BCUT2D eigenvalue weighted by Crippen LogP contribution is 2.18. The molecule has 0 unspecified atom stereocenters. The van der Waals surface area contributed by atoms with Crippen LogP contribution in [-0.2, 0) is 11.3 Å². The van der Waals surface area contributed by atoms with Crippen LogP contribution in [0.4, 0.5) is 11.4 Å². The topological polar surface area (TPSA) is 95.5 Å². The van der Waals surface area contributed by atoms with E-state index in [1.807, 2.05) is 30.3 Å². The number of benzene rings is 2. The molecule has 0 saturated carbocycles. The molecule has 32 heavy (non-hydrogen) atoms. The summed E-state index contributed by atoms with van der Waals surface area (Å²) in [6, 6.07) is 18.5. The summed E-state index contributed by atoms with van der Waals surface area (Å²) in [6.45, 7) is 6.03. The van der Waals surface area contributed by atoms with Gasteiger partial charge >= 0.3 is 0 Å². The largest absolute Gasteiger partial charge is 0.326 e. The smallest absolute Gasteiger partial charge is 0.258 e. The third-order valence-electron chi connectivity index (χ3n) is 4.64. The maximum absolute atomic E-state index is 12.9. The van der Waals surface area contributed by atoms with Gasteiger partial charge in [0.2, 0.25) is 11.9 Å². The first-order valence-corrected chi connectivity index (χ1v) is 10.4. The lowest BCUT2D eigenvalue weighted by Gasteiger charge is -2.14. The van der Waals surface area contributed by atoms with Crippen molar-refractivity contribution in [3.63, 3.8) is 0 Å². The summed E-state index contributed by atoms with van der Waals surface area (Å²) in [5.74, 6) is 0.158. The van der Waals surface area contributed by atoms with E-state index in [1.165, 1.54) is 12.5 Å². The predicted molar refractivity (Wildman–Crippen MR) is 128 cm³/mol. The van der Waals surface area contributed by atoms with Crippen molar-refractivity contribution in [1.82, 2.24) is 10.3 Å². The molecule has 7 nitrogen and oxygen atoms in total. The molecule has 1 aromatic heterocycles. The molecular formula is C25H27N5O2. The average Bonchev–Trinajstić information content (AvgIpc) is 2.78. The van der Waals surface area contributed by atoms with Crippen molar-refractivity contribution in [1.29, 1.82) is 0 Å². The molecule has 7 heteroatoms. The molecule has 0 fully saturated rings. The predicted octanol–water partition coefficient (Wildman–Crippen LogP) is 4.56. The molecule has 1 heterocycles. The zero-order valence-electron chi connectivity index (χ0n) is 18.4. The van der Waals surface area contributed by atoms with Crippen LogP contribution in [0.5, 0.6) is 0 Å². The van der Waals surface area contributed by atoms with Crippen LogP contribution in [0.1, 0.15) is 48.2 Å². The summed E-state index contributed by atoms with van der Waals surface area (Å²) in [5, 5.41) is 8.75. The van der Waals surface area contributed by atoms with Crippen molar-refractivity contribution < 1.29 is 9.59 Å². The quantitative estimate of drug-likeness (QED) is 0.395. The molecule has 0 aliphatic carbocycles. The molecule has 0 aliphatic heterocycles. The van der Waals surface area contributed by atoms with Gasteiger partial charge in [-0.05, 0) is 53.4 Å². The number of carbonyl (C=O) groups excluding carboxylic acids is 2. The second-order valence-corrected chi connectivity index (χ2v) is 7.65. The van der Waals surface area contributed by atoms with E-state index in [2.05, 4.69) is 45.8 Å². The van der Waals surface area contributed by atoms with Crippen LogP contribution < -0.4 is 16.0 Å². The summed E-state index contributed by atoms with van der Waals surface area (Å²) >= 11 is 0. The van der Waals surface area contributed by atoms with Crippen LogP contribution in [0.2, 0.25) is 0 Å². The van der Waals surface area contributed by atoms with Crippen molar-refractivity contribution in [2.24, 2.45) is 4.99 Å². The Balaban J connectivity index is 1.82. The van der Waals surface area contributed by atoms with E-state index in [0.29, 0.717) is 29.7 Å². The minimum atomic E-state index is -0.338. The molecule has 0 atom stereocenters. The van der Waals surface area contributed by atoms with Gasteiger partial charge in [-0.15, -0.1) is 0 Å². The molecule has 0 radical (unpaired) electrons. The number of amides is 2. The highest BCUT2D eigenvalue weighted by atomic mass is 16.2. The van der Waals surface area contributed by atoms with Gasteiger partial charge in [0.05, 0.1) is 6.54 Å². The lowest BCUT2D eigenvalue weighted by molar-refractivity contribution is -0.114. The highest BCUT2D eigenvalue weighted by molar-refractivity contribution is 6.10. The molecule has 0 saturated heterocycles. The van der Waals surface area contributed by atoms with Gasteiger partial charge < -0.3 is 10.6 Å². The highest BCUT2D eigenvalue weighted by Gasteiger charge is 2.11. The number of pyridine rings is 1. The van der Waals surface area contributed by atoms with Crippen LogP contribution in [-0.4, -0.2) is 22.8 Å². The van der Waals surface area contributed by atoms with Gasteiger partial charge in [-0.3, -0.25) is 19.9 Å². The Morgan fingerprint density at radius 1 is 0.969 bits per heavy atom. The number of carbonyl (C=O) groups is 2. The Kier molecular flexibility index (Phi) is 7.70. The summed E-state index contributed by atoms with van der Waals surface area (Å²) in [4.78, 5) is 32.9. The number of nitrogens with zero attached hydrogens (tertiary/aromatic N) is 2. The van der Waals surface area contributed by atoms with Crippen LogP contribution >= 0.6 is 0 Å². The monoisotopic (exact) mass is 429 g/mol. The Bertz CT molecular complexity index is 1110. The van der Waals surface area contributed by atoms with E-state index in [-0.39, 0.29) is 11.8 Å². The first-order chi connectivity index (χ1) is 15.4. The number of aromatic nitrogens is 1. The fourth-order valence-corrected chi connectivity index (χ4v) is 3.01. The maximum Gasteiger partial charge on any atom is 0.258 e. The van der Waals surface area contributed by atoms with Gasteiger partial charge in [0.1, 0.15) is 0 Å². The van der Waals surface area contributed by atoms with Gasteiger partial charge in [-0.25, -0.2) is 4.99 Å². The fraction of sp³-hybridized carbons (Fsp3) is 0.200. The van der Waals surface area contributed by atoms with E-state index >= 15 is 0 Å². The van der Waals surface area contributed by atoms with Gasteiger partial charge in [-0.2, -0.15) is 0 Å². The number of hydrogen-bond donors (Lipinski definition) is 3. The summed E-state index contributed by atoms with van der Waals surface area (Å²) < 4.78 is 0. The van der Waals surface area contributed by atoms with Crippen molar-refractivity contribution in [3.05, 3.63) is 89.7 Å². The van der Waals surface area contributed by atoms with Crippen molar-refractivity contribution in [2.75, 3.05) is 10.6 Å². The first kappa shape index (κ1) is 22.7. The number of hydrogen-bond acceptors (Lipinski definition) is 4. The molecule has 164 valence electrons. The normalized spacial score (nSPS) is 11.2. The van der Waals surface area contributed by atoms with Gasteiger partial charge in [-0.1, -0.05) is 38.1 Å². The molecule has 3 aromatic rings. The zero-order chi connectivity index (χ0) is 22.9. The van der Waals surface area contributed by atoms with E-state index in [9.17, 15) is 9.59 Å². The molecule has 2 amide bonds.